The summed E-state index contributed by atoms with van der Waals surface area (Å²) in [7, 11) is 0. The topological polar surface area (TPSA) is 105 Å². The van der Waals surface area contributed by atoms with Crippen molar-refractivity contribution in [3.63, 3.8) is 0 Å². The fourth-order valence-corrected chi connectivity index (χ4v) is 2.49. The van der Waals surface area contributed by atoms with Crippen LogP contribution in [0.4, 0.5) is 5.69 Å². The van der Waals surface area contributed by atoms with Gasteiger partial charge in [0.15, 0.2) is 0 Å². The standard InChI is InChI=1S/C20H17NO7/c1-20(2)27-18(22)17(19(23)28-20)11-13-5-9-16(10-6-13)26-12-14-3-7-15(8-4-14)21(24)25/h3-11H,12H2,1-2H3. The van der Waals surface area contributed by atoms with E-state index < -0.39 is 22.6 Å². The van der Waals surface area contributed by atoms with E-state index in [1.807, 2.05) is 0 Å². The number of nitrogens with zero attached hydrogens (tertiary/aromatic N) is 1. The Morgan fingerprint density at radius 2 is 1.57 bits per heavy atom. The van der Waals surface area contributed by atoms with Gasteiger partial charge in [0.2, 0.25) is 0 Å². The van der Waals surface area contributed by atoms with Gasteiger partial charge < -0.3 is 14.2 Å². The lowest BCUT2D eigenvalue weighted by Crippen LogP contribution is -2.41. The third-order valence-corrected chi connectivity index (χ3v) is 3.86. The Hall–Kier alpha value is -3.68. The first-order valence-electron chi connectivity index (χ1n) is 8.38. The zero-order chi connectivity index (χ0) is 20.3. The number of hydrogen-bond acceptors (Lipinski definition) is 7. The molecule has 0 aliphatic carbocycles. The van der Waals surface area contributed by atoms with Gasteiger partial charge in [0.05, 0.1) is 4.92 Å². The summed E-state index contributed by atoms with van der Waals surface area (Å²) in [5, 5.41) is 10.7. The molecule has 1 aliphatic heterocycles. The van der Waals surface area contributed by atoms with Crippen molar-refractivity contribution in [2.24, 2.45) is 0 Å². The number of carbonyl (C=O) groups is 2. The number of non-ortho nitro benzene ring substituents is 1. The predicted octanol–water partition coefficient (Wildman–Crippen LogP) is 3.39. The number of benzene rings is 2. The average Bonchev–Trinajstić information content (AvgIpc) is 2.63. The Labute approximate surface area is 160 Å². The van der Waals surface area contributed by atoms with Gasteiger partial charge in [-0.2, -0.15) is 0 Å². The van der Waals surface area contributed by atoms with Crippen molar-refractivity contribution in [1.29, 1.82) is 0 Å². The summed E-state index contributed by atoms with van der Waals surface area (Å²) in [5.74, 6) is -2.18. The fourth-order valence-electron chi connectivity index (χ4n) is 2.49. The molecule has 0 bridgehead atoms. The number of hydrogen-bond donors (Lipinski definition) is 0. The van der Waals surface area contributed by atoms with Crippen molar-refractivity contribution in [2.75, 3.05) is 0 Å². The van der Waals surface area contributed by atoms with Gasteiger partial charge in [0.25, 0.3) is 11.5 Å². The molecule has 0 atom stereocenters. The van der Waals surface area contributed by atoms with E-state index in [9.17, 15) is 19.7 Å². The highest BCUT2D eigenvalue weighted by molar-refractivity contribution is 6.18. The first-order chi connectivity index (χ1) is 13.2. The van der Waals surface area contributed by atoms with E-state index in [0.29, 0.717) is 11.3 Å². The monoisotopic (exact) mass is 383 g/mol. The van der Waals surface area contributed by atoms with E-state index in [0.717, 1.165) is 5.56 Å². The molecule has 0 saturated carbocycles. The highest BCUT2D eigenvalue weighted by Gasteiger charge is 2.38. The van der Waals surface area contributed by atoms with Crippen LogP contribution >= 0.6 is 0 Å². The lowest BCUT2D eigenvalue weighted by molar-refractivity contribution is -0.384. The molecular formula is C20H17NO7. The number of cyclic esters (lactones) is 2. The average molecular weight is 383 g/mol. The zero-order valence-corrected chi connectivity index (χ0v) is 15.2. The Morgan fingerprint density at radius 1 is 1.00 bits per heavy atom. The zero-order valence-electron chi connectivity index (χ0n) is 15.2. The maximum absolute atomic E-state index is 12.0. The van der Waals surface area contributed by atoms with Crippen LogP contribution in [0.5, 0.6) is 5.75 Å². The quantitative estimate of drug-likeness (QED) is 0.256. The van der Waals surface area contributed by atoms with Crippen LogP contribution in [-0.2, 0) is 25.7 Å². The third-order valence-electron chi connectivity index (χ3n) is 3.86. The number of rotatable bonds is 5. The molecule has 0 amide bonds. The molecule has 8 nitrogen and oxygen atoms in total. The SMILES string of the molecule is CC1(C)OC(=O)C(=Cc2ccc(OCc3ccc([N+](=O)[O-])cc3)cc2)C(=O)O1. The van der Waals surface area contributed by atoms with E-state index >= 15 is 0 Å². The molecule has 0 unspecified atom stereocenters. The number of nitro benzene ring substituents is 1. The van der Waals surface area contributed by atoms with Crippen molar-refractivity contribution in [1.82, 2.24) is 0 Å². The van der Waals surface area contributed by atoms with Gasteiger partial charge in [-0.25, -0.2) is 9.59 Å². The molecule has 2 aromatic carbocycles. The summed E-state index contributed by atoms with van der Waals surface area (Å²) in [6, 6.07) is 12.8. The fraction of sp³-hybridized carbons (Fsp3) is 0.200. The Kier molecular flexibility index (Phi) is 5.12. The second-order valence-electron chi connectivity index (χ2n) is 6.52. The van der Waals surface area contributed by atoms with Crippen LogP contribution in [0.15, 0.2) is 54.1 Å². The smallest absolute Gasteiger partial charge is 0.348 e. The van der Waals surface area contributed by atoms with Gasteiger partial charge in [-0.15, -0.1) is 0 Å². The number of carbonyl (C=O) groups excluding carboxylic acids is 2. The molecule has 1 aliphatic rings. The van der Waals surface area contributed by atoms with Gasteiger partial charge in [-0.1, -0.05) is 12.1 Å². The minimum Gasteiger partial charge on any atom is -0.489 e. The summed E-state index contributed by atoms with van der Waals surface area (Å²) in [4.78, 5) is 34.1. The van der Waals surface area contributed by atoms with E-state index in [4.69, 9.17) is 14.2 Å². The number of nitro groups is 1. The minimum atomic E-state index is -1.28. The minimum absolute atomic E-state index is 0.0179. The lowest BCUT2D eigenvalue weighted by atomic mass is 10.1. The van der Waals surface area contributed by atoms with Crippen LogP contribution in [-0.4, -0.2) is 22.6 Å². The first kappa shape index (κ1) is 19.1. The third kappa shape index (κ3) is 4.53. The van der Waals surface area contributed by atoms with Crippen LogP contribution in [0.25, 0.3) is 6.08 Å². The summed E-state index contributed by atoms with van der Waals surface area (Å²) < 4.78 is 15.7. The van der Waals surface area contributed by atoms with Gasteiger partial charge in [0, 0.05) is 26.0 Å². The Bertz CT molecular complexity index is 922. The largest absolute Gasteiger partial charge is 0.489 e. The molecule has 28 heavy (non-hydrogen) atoms. The molecule has 144 valence electrons. The highest BCUT2D eigenvalue weighted by atomic mass is 16.7. The van der Waals surface area contributed by atoms with Gasteiger partial charge in [0.1, 0.15) is 17.9 Å². The van der Waals surface area contributed by atoms with Crippen LogP contribution in [0.1, 0.15) is 25.0 Å². The van der Waals surface area contributed by atoms with Gasteiger partial charge in [-0.05, 0) is 41.5 Å². The maximum Gasteiger partial charge on any atom is 0.348 e. The first-order valence-corrected chi connectivity index (χ1v) is 8.38. The molecule has 8 heteroatoms. The molecule has 2 aromatic rings. The van der Waals surface area contributed by atoms with Crippen molar-refractivity contribution in [3.8, 4) is 5.75 Å². The number of ether oxygens (including phenoxy) is 3. The Balaban J connectivity index is 1.64. The second-order valence-corrected chi connectivity index (χ2v) is 6.52. The van der Waals surface area contributed by atoms with Crippen LogP contribution in [0.3, 0.4) is 0 Å². The van der Waals surface area contributed by atoms with Crippen LogP contribution in [0.2, 0.25) is 0 Å². The van der Waals surface area contributed by atoms with E-state index in [1.165, 1.54) is 32.1 Å². The van der Waals surface area contributed by atoms with E-state index in [2.05, 4.69) is 0 Å². The summed E-state index contributed by atoms with van der Waals surface area (Å²) in [6.45, 7) is 3.21. The molecular weight excluding hydrogens is 366 g/mol. The molecule has 1 saturated heterocycles. The van der Waals surface area contributed by atoms with E-state index in [-0.39, 0.29) is 17.9 Å². The van der Waals surface area contributed by atoms with Crippen molar-refractivity contribution < 1.29 is 28.7 Å². The van der Waals surface area contributed by atoms with Crippen molar-refractivity contribution in [2.45, 2.75) is 26.2 Å². The molecule has 0 spiro atoms. The van der Waals surface area contributed by atoms with Crippen molar-refractivity contribution >= 4 is 23.7 Å². The molecule has 3 rings (SSSR count). The highest BCUT2D eigenvalue weighted by Crippen LogP contribution is 2.25. The van der Waals surface area contributed by atoms with Gasteiger partial charge in [-0.3, -0.25) is 10.1 Å². The normalized spacial score (nSPS) is 15.4. The van der Waals surface area contributed by atoms with Crippen LogP contribution < -0.4 is 4.74 Å². The van der Waals surface area contributed by atoms with Crippen LogP contribution in [0, 0.1) is 10.1 Å². The summed E-state index contributed by atoms with van der Waals surface area (Å²) in [5.41, 5.74) is 1.22. The van der Waals surface area contributed by atoms with E-state index in [1.54, 1.807) is 36.4 Å². The molecule has 0 N–H and O–H groups in total. The second kappa shape index (κ2) is 7.51. The van der Waals surface area contributed by atoms with Gasteiger partial charge >= 0.3 is 11.9 Å². The van der Waals surface area contributed by atoms with Crippen molar-refractivity contribution in [3.05, 3.63) is 75.3 Å². The Morgan fingerprint density at radius 3 is 2.11 bits per heavy atom. The number of esters is 2. The summed E-state index contributed by atoms with van der Waals surface area (Å²) >= 11 is 0. The summed E-state index contributed by atoms with van der Waals surface area (Å²) in [6.07, 6.45) is 1.39. The molecule has 0 radical (unpaired) electrons. The molecule has 0 aromatic heterocycles. The molecule has 1 fully saturated rings. The predicted molar refractivity (Wildman–Crippen MR) is 98.1 cm³/mol. The lowest BCUT2D eigenvalue weighted by Gasteiger charge is -2.29. The molecule has 1 heterocycles. The maximum atomic E-state index is 12.0.